The van der Waals surface area contributed by atoms with Crippen molar-refractivity contribution in [3.05, 3.63) is 0 Å². The second-order valence-electron chi connectivity index (χ2n) is 3.12. The maximum Gasteiger partial charge on any atom is 0.00553 e. The zero-order chi connectivity index (χ0) is 9.94. The molecule has 2 nitrogen and oxygen atoms in total. The first-order chi connectivity index (χ1) is 6.35. The van der Waals surface area contributed by atoms with Gasteiger partial charge in [0, 0.05) is 12.3 Å². The number of hydrogen-bond acceptors (Lipinski definition) is 3. The van der Waals surface area contributed by atoms with Gasteiger partial charge in [0.2, 0.25) is 0 Å². The van der Waals surface area contributed by atoms with Crippen molar-refractivity contribution >= 4 is 11.8 Å². The first-order valence-corrected chi connectivity index (χ1v) is 6.66. The zero-order valence-corrected chi connectivity index (χ0v) is 10.1. The van der Waals surface area contributed by atoms with Crippen molar-refractivity contribution in [2.24, 2.45) is 0 Å². The molecule has 0 aromatic rings. The van der Waals surface area contributed by atoms with Crippen LogP contribution in [0.1, 0.15) is 20.3 Å². The minimum atomic E-state index is 1.15. The third-order valence-corrected chi connectivity index (χ3v) is 2.82. The predicted octanol–water partition coefficient (Wildman–Crippen LogP) is 1.67. The molecule has 0 fully saturated rings. The molecule has 80 valence electrons. The van der Waals surface area contributed by atoms with Crippen molar-refractivity contribution in [3.8, 4) is 0 Å². The zero-order valence-electron chi connectivity index (χ0n) is 9.31. The number of thioether (sulfide) groups is 1. The van der Waals surface area contributed by atoms with Crippen molar-refractivity contribution in [1.82, 2.24) is 10.2 Å². The highest BCUT2D eigenvalue weighted by molar-refractivity contribution is 7.98. The molecule has 0 saturated heterocycles. The van der Waals surface area contributed by atoms with Crippen LogP contribution in [0.25, 0.3) is 0 Å². The molecule has 0 aliphatic carbocycles. The summed E-state index contributed by atoms with van der Waals surface area (Å²) in [7, 11) is 0. The van der Waals surface area contributed by atoms with Crippen LogP contribution in [-0.4, -0.2) is 49.6 Å². The molecule has 0 aliphatic heterocycles. The van der Waals surface area contributed by atoms with Gasteiger partial charge in [0.05, 0.1) is 0 Å². The van der Waals surface area contributed by atoms with Crippen LogP contribution < -0.4 is 5.32 Å². The maximum atomic E-state index is 3.44. The van der Waals surface area contributed by atoms with Gasteiger partial charge in [-0.25, -0.2) is 0 Å². The second-order valence-corrected chi connectivity index (χ2v) is 4.11. The Kier molecular flexibility index (Phi) is 10.6. The molecule has 0 bridgehead atoms. The highest BCUT2D eigenvalue weighted by Gasteiger charge is 1.96. The van der Waals surface area contributed by atoms with E-state index in [1.807, 2.05) is 11.8 Å². The summed E-state index contributed by atoms with van der Waals surface area (Å²) >= 11 is 1.90. The van der Waals surface area contributed by atoms with Crippen molar-refractivity contribution in [2.45, 2.75) is 20.3 Å². The fraction of sp³-hybridized carbons (Fsp3) is 1.00. The van der Waals surface area contributed by atoms with Crippen LogP contribution in [0.15, 0.2) is 0 Å². The fourth-order valence-electron chi connectivity index (χ4n) is 1.27. The summed E-state index contributed by atoms with van der Waals surface area (Å²) in [5.41, 5.74) is 0. The summed E-state index contributed by atoms with van der Waals surface area (Å²) in [4.78, 5) is 2.47. The maximum absolute atomic E-state index is 3.44. The van der Waals surface area contributed by atoms with Gasteiger partial charge in [-0.15, -0.1) is 0 Å². The van der Waals surface area contributed by atoms with E-state index in [9.17, 15) is 0 Å². The van der Waals surface area contributed by atoms with Crippen LogP contribution in [0.4, 0.5) is 0 Å². The van der Waals surface area contributed by atoms with Crippen molar-refractivity contribution < 1.29 is 0 Å². The highest BCUT2D eigenvalue weighted by Crippen LogP contribution is 1.90. The summed E-state index contributed by atoms with van der Waals surface area (Å²) in [5.74, 6) is 1.23. The summed E-state index contributed by atoms with van der Waals surface area (Å²) in [6, 6.07) is 0. The van der Waals surface area contributed by atoms with E-state index in [0.29, 0.717) is 0 Å². The van der Waals surface area contributed by atoms with Crippen molar-refractivity contribution in [1.29, 1.82) is 0 Å². The second kappa shape index (κ2) is 10.4. The van der Waals surface area contributed by atoms with E-state index in [1.54, 1.807) is 0 Å². The van der Waals surface area contributed by atoms with E-state index in [-0.39, 0.29) is 0 Å². The molecule has 0 amide bonds. The molecule has 0 saturated carbocycles. The summed E-state index contributed by atoms with van der Waals surface area (Å²) in [6.45, 7) is 10.4. The van der Waals surface area contributed by atoms with E-state index < -0.39 is 0 Å². The molecule has 0 heterocycles. The standard InChI is InChI=1S/C10H24N2S/c1-4-12(5-2)9-6-7-11-8-10-13-3/h11H,4-10H2,1-3H3. The molecule has 13 heavy (non-hydrogen) atoms. The van der Waals surface area contributed by atoms with Gasteiger partial charge in [0.1, 0.15) is 0 Å². The van der Waals surface area contributed by atoms with E-state index in [0.717, 1.165) is 13.1 Å². The average molecular weight is 204 g/mol. The van der Waals surface area contributed by atoms with Crippen LogP contribution in [0.5, 0.6) is 0 Å². The summed E-state index contributed by atoms with van der Waals surface area (Å²) in [5, 5.41) is 3.44. The SMILES string of the molecule is CCN(CC)CCCNCCSC. The van der Waals surface area contributed by atoms with Crippen LogP contribution in [0, 0.1) is 0 Å². The normalized spacial score (nSPS) is 11.1. The van der Waals surface area contributed by atoms with Crippen LogP contribution in [0.2, 0.25) is 0 Å². The van der Waals surface area contributed by atoms with Crippen LogP contribution in [-0.2, 0) is 0 Å². The van der Waals surface area contributed by atoms with Gasteiger partial charge in [-0.3, -0.25) is 0 Å². The first-order valence-electron chi connectivity index (χ1n) is 5.27. The lowest BCUT2D eigenvalue weighted by molar-refractivity contribution is 0.298. The van der Waals surface area contributed by atoms with Gasteiger partial charge >= 0.3 is 0 Å². The molecular formula is C10H24N2S. The Morgan fingerprint density at radius 3 is 2.38 bits per heavy atom. The monoisotopic (exact) mass is 204 g/mol. The minimum Gasteiger partial charge on any atom is -0.316 e. The lowest BCUT2D eigenvalue weighted by Gasteiger charge is -2.17. The number of rotatable bonds is 9. The Balaban J connectivity index is 3.05. The van der Waals surface area contributed by atoms with Gasteiger partial charge in [-0.05, 0) is 38.9 Å². The molecule has 1 N–H and O–H groups in total. The van der Waals surface area contributed by atoms with Gasteiger partial charge in [-0.2, -0.15) is 11.8 Å². The third kappa shape index (κ3) is 8.60. The molecule has 0 aromatic carbocycles. The van der Waals surface area contributed by atoms with Crippen LogP contribution >= 0.6 is 11.8 Å². The Labute approximate surface area is 87.5 Å². The Hall–Kier alpha value is 0.270. The average Bonchev–Trinajstić information content (AvgIpc) is 2.17. The molecule has 0 rings (SSSR count). The molecule has 0 spiro atoms. The largest absolute Gasteiger partial charge is 0.316 e. The minimum absolute atomic E-state index is 1.15. The number of nitrogens with zero attached hydrogens (tertiary/aromatic N) is 1. The summed E-state index contributed by atoms with van der Waals surface area (Å²) in [6.07, 6.45) is 3.42. The van der Waals surface area contributed by atoms with Gasteiger partial charge < -0.3 is 10.2 Å². The van der Waals surface area contributed by atoms with Crippen molar-refractivity contribution in [3.63, 3.8) is 0 Å². The topological polar surface area (TPSA) is 15.3 Å². The first kappa shape index (κ1) is 13.3. The Morgan fingerprint density at radius 1 is 1.15 bits per heavy atom. The number of hydrogen-bond donors (Lipinski definition) is 1. The Morgan fingerprint density at radius 2 is 1.85 bits per heavy atom. The van der Waals surface area contributed by atoms with E-state index >= 15 is 0 Å². The van der Waals surface area contributed by atoms with E-state index in [2.05, 4.69) is 30.3 Å². The quantitative estimate of drug-likeness (QED) is 0.575. The van der Waals surface area contributed by atoms with E-state index in [1.165, 1.54) is 31.8 Å². The molecule has 0 unspecified atom stereocenters. The molecule has 3 heteroatoms. The highest BCUT2D eigenvalue weighted by atomic mass is 32.2. The van der Waals surface area contributed by atoms with E-state index in [4.69, 9.17) is 0 Å². The fourth-order valence-corrected chi connectivity index (χ4v) is 1.62. The molecule has 0 aliphatic rings. The van der Waals surface area contributed by atoms with Crippen LogP contribution in [0.3, 0.4) is 0 Å². The van der Waals surface area contributed by atoms with Gasteiger partial charge in [-0.1, -0.05) is 13.8 Å². The molecule has 0 atom stereocenters. The third-order valence-electron chi connectivity index (χ3n) is 2.21. The number of nitrogens with one attached hydrogen (secondary N) is 1. The molecule has 0 radical (unpaired) electrons. The Bertz CT molecular complexity index is 94.9. The smallest absolute Gasteiger partial charge is 0.00553 e. The summed E-state index contributed by atoms with van der Waals surface area (Å²) < 4.78 is 0. The molecule has 0 aromatic heterocycles. The lowest BCUT2D eigenvalue weighted by atomic mass is 10.3. The van der Waals surface area contributed by atoms with Gasteiger partial charge in [0.25, 0.3) is 0 Å². The van der Waals surface area contributed by atoms with Crippen molar-refractivity contribution in [2.75, 3.05) is 44.7 Å². The lowest BCUT2D eigenvalue weighted by Crippen LogP contribution is -2.27. The van der Waals surface area contributed by atoms with Gasteiger partial charge in [0.15, 0.2) is 0 Å². The predicted molar refractivity (Wildman–Crippen MR) is 63.7 cm³/mol. The molecular weight excluding hydrogens is 180 g/mol.